The Morgan fingerprint density at radius 3 is 3.06 bits per heavy atom. The molecule has 2 heterocycles. The van der Waals surface area contributed by atoms with Crippen LogP contribution in [-0.4, -0.2) is 22.1 Å². The Bertz CT molecular complexity index is 494. The molecule has 2 aromatic rings. The van der Waals surface area contributed by atoms with Gasteiger partial charge in [0.25, 0.3) is 5.91 Å². The maximum absolute atomic E-state index is 11.7. The van der Waals surface area contributed by atoms with Crippen molar-refractivity contribution in [3.8, 4) is 0 Å². The summed E-state index contributed by atoms with van der Waals surface area (Å²) in [7, 11) is 0. The van der Waals surface area contributed by atoms with Crippen LogP contribution in [0.1, 0.15) is 22.5 Å². The summed E-state index contributed by atoms with van der Waals surface area (Å²) in [6.07, 6.45) is 2.24. The van der Waals surface area contributed by atoms with Crippen molar-refractivity contribution in [1.82, 2.24) is 15.5 Å². The molecule has 0 radical (unpaired) electrons. The number of nitrogens with two attached hydrogens (primary N) is 1. The third-order valence-electron chi connectivity index (χ3n) is 2.10. The number of nitrogens with one attached hydrogen (secondary N) is 1. The highest BCUT2D eigenvalue weighted by molar-refractivity contribution is 7.16. The maximum atomic E-state index is 11.7. The molecule has 3 N–H and O–H groups in total. The second-order valence-corrected chi connectivity index (χ2v) is 4.61. The van der Waals surface area contributed by atoms with Gasteiger partial charge < -0.3 is 15.5 Å². The van der Waals surface area contributed by atoms with E-state index in [1.54, 1.807) is 6.26 Å². The number of furan rings is 1. The lowest BCUT2D eigenvalue weighted by atomic mass is 10.2. The van der Waals surface area contributed by atoms with E-state index in [0.29, 0.717) is 6.42 Å². The fraction of sp³-hybridized carbons (Fsp3) is 0.300. The number of rotatable bonds is 4. The minimum absolute atomic E-state index is 0.0428. The number of nitrogen functional groups attached to an aromatic ring is 1. The predicted molar refractivity (Wildman–Crippen MR) is 63.7 cm³/mol. The Labute approximate surface area is 102 Å². The van der Waals surface area contributed by atoms with E-state index >= 15 is 0 Å². The first-order chi connectivity index (χ1) is 8.15. The van der Waals surface area contributed by atoms with Crippen molar-refractivity contribution in [3.05, 3.63) is 29.2 Å². The molecule has 0 aromatic carbocycles. The smallest absolute Gasteiger partial charge is 0.282 e. The number of aromatic nitrogens is 2. The Morgan fingerprint density at radius 1 is 1.65 bits per heavy atom. The van der Waals surface area contributed by atoms with E-state index in [2.05, 4.69) is 15.5 Å². The molecule has 0 spiro atoms. The van der Waals surface area contributed by atoms with Crippen molar-refractivity contribution in [3.63, 3.8) is 0 Å². The summed E-state index contributed by atoms with van der Waals surface area (Å²) in [5, 5.41) is 10.6. The van der Waals surface area contributed by atoms with Crippen molar-refractivity contribution in [2.24, 2.45) is 0 Å². The number of nitrogens with zero attached hydrogens (tertiary/aromatic N) is 2. The van der Waals surface area contributed by atoms with E-state index in [4.69, 9.17) is 10.2 Å². The highest BCUT2D eigenvalue weighted by Crippen LogP contribution is 2.11. The molecule has 90 valence electrons. The van der Waals surface area contributed by atoms with E-state index in [1.165, 1.54) is 0 Å². The maximum Gasteiger partial charge on any atom is 0.282 e. The third kappa shape index (κ3) is 3.04. The molecule has 7 heteroatoms. The molecular formula is C10H12N4O2S. The average molecular weight is 252 g/mol. The standard InChI is InChI=1S/C10H12N4O2S/c1-6(5-7-3-2-4-16-7)12-8(15)9-13-14-10(11)17-9/h2-4,6H,5H2,1H3,(H2,11,14)(H,12,15). The van der Waals surface area contributed by atoms with Gasteiger partial charge in [-0.3, -0.25) is 4.79 Å². The second kappa shape index (κ2) is 4.96. The number of hydrogen-bond donors (Lipinski definition) is 2. The van der Waals surface area contributed by atoms with Gasteiger partial charge in [0, 0.05) is 12.5 Å². The SMILES string of the molecule is CC(Cc1ccco1)NC(=O)c1nnc(N)s1. The Kier molecular flexibility index (Phi) is 3.38. The average Bonchev–Trinajstić information content (AvgIpc) is 2.89. The van der Waals surface area contributed by atoms with Crippen molar-refractivity contribution < 1.29 is 9.21 Å². The van der Waals surface area contributed by atoms with Crippen LogP contribution >= 0.6 is 11.3 Å². The first kappa shape index (κ1) is 11.6. The lowest BCUT2D eigenvalue weighted by molar-refractivity contribution is 0.0938. The van der Waals surface area contributed by atoms with Crippen LogP contribution in [0, 0.1) is 0 Å². The summed E-state index contributed by atoms with van der Waals surface area (Å²) in [5.74, 6) is 0.563. The molecule has 0 bridgehead atoms. The first-order valence-corrected chi connectivity index (χ1v) is 5.89. The van der Waals surface area contributed by atoms with Crippen LogP contribution in [0.25, 0.3) is 0 Å². The van der Waals surface area contributed by atoms with Gasteiger partial charge in [0.05, 0.1) is 6.26 Å². The van der Waals surface area contributed by atoms with Gasteiger partial charge in [-0.2, -0.15) is 0 Å². The zero-order valence-corrected chi connectivity index (χ0v) is 10.0. The predicted octanol–water partition coefficient (Wildman–Crippen LogP) is 1.07. The number of amides is 1. The summed E-state index contributed by atoms with van der Waals surface area (Å²) >= 11 is 1.07. The number of carbonyl (C=O) groups excluding carboxylic acids is 1. The van der Waals surface area contributed by atoms with Gasteiger partial charge in [0.1, 0.15) is 5.76 Å². The Balaban J connectivity index is 1.90. The van der Waals surface area contributed by atoms with Gasteiger partial charge in [-0.25, -0.2) is 0 Å². The minimum atomic E-state index is -0.266. The molecule has 0 aliphatic heterocycles. The molecule has 1 amide bonds. The molecule has 0 saturated heterocycles. The fourth-order valence-corrected chi connectivity index (χ4v) is 1.91. The van der Waals surface area contributed by atoms with Gasteiger partial charge in [-0.05, 0) is 19.1 Å². The van der Waals surface area contributed by atoms with Crippen molar-refractivity contribution in [1.29, 1.82) is 0 Å². The van der Waals surface area contributed by atoms with Gasteiger partial charge >= 0.3 is 0 Å². The van der Waals surface area contributed by atoms with Crippen molar-refractivity contribution in [2.45, 2.75) is 19.4 Å². The van der Waals surface area contributed by atoms with Crippen molar-refractivity contribution in [2.75, 3.05) is 5.73 Å². The number of anilines is 1. The summed E-state index contributed by atoms with van der Waals surface area (Å²) in [6, 6.07) is 3.64. The molecule has 1 unspecified atom stereocenters. The molecule has 0 aliphatic carbocycles. The minimum Gasteiger partial charge on any atom is -0.469 e. The zero-order valence-electron chi connectivity index (χ0n) is 9.21. The van der Waals surface area contributed by atoms with Crippen LogP contribution in [-0.2, 0) is 6.42 Å². The highest BCUT2D eigenvalue weighted by Gasteiger charge is 2.15. The monoisotopic (exact) mass is 252 g/mol. The quantitative estimate of drug-likeness (QED) is 0.849. The fourth-order valence-electron chi connectivity index (χ4n) is 1.39. The highest BCUT2D eigenvalue weighted by atomic mass is 32.1. The Hall–Kier alpha value is -1.89. The van der Waals surface area contributed by atoms with E-state index in [-0.39, 0.29) is 22.1 Å². The van der Waals surface area contributed by atoms with Crippen LogP contribution in [0.4, 0.5) is 5.13 Å². The molecule has 1 atom stereocenters. The summed E-state index contributed by atoms with van der Waals surface area (Å²) in [5.41, 5.74) is 5.41. The van der Waals surface area contributed by atoms with Crippen LogP contribution in [0.3, 0.4) is 0 Å². The van der Waals surface area contributed by atoms with Gasteiger partial charge in [-0.1, -0.05) is 11.3 Å². The van der Waals surface area contributed by atoms with E-state index < -0.39 is 0 Å². The molecule has 17 heavy (non-hydrogen) atoms. The summed E-state index contributed by atoms with van der Waals surface area (Å²) in [6.45, 7) is 1.89. The van der Waals surface area contributed by atoms with Crippen LogP contribution in [0.15, 0.2) is 22.8 Å². The van der Waals surface area contributed by atoms with Gasteiger partial charge in [0.2, 0.25) is 10.1 Å². The van der Waals surface area contributed by atoms with Crippen LogP contribution in [0.2, 0.25) is 0 Å². The molecule has 0 aliphatic rings. The van der Waals surface area contributed by atoms with E-state index in [9.17, 15) is 4.79 Å². The molecule has 6 nitrogen and oxygen atoms in total. The van der Waals surface area contributed by atoms with Gasteiger partial charge in [0.15, 0.2) is 0 Å². The molecular weight excluding hydrogens is 240 g/mol. The molecule has 0 fully saturated rings. The largest absolute Gasteiger partial charge is 0.469 e. The molecule has 0 saturated carbocycles. The summed E-state index contributed by atoms with van der Waals surface area (Å²) in [4.78, 5) is 11.7. The lowest BCUT2D eigenvalue weighted by Crippen LogP contribution is -2.33. The summed E-state index contributed by atoms with van der Waals surface area (Å²) < 4.78 is 5.20. The normalized spacial score (nSPS) is 12.3. The number of carbonyl (C=O) groups is 1. The second-order valence-electron chi connectivity index (χ2n) is 3.60. The third-order valence-corrected chi connectivity index (χ3v) is 2.85. The topological polar surface area (TPSA) is 94.0 Å². The first-order valence-electron chi connectivity index (χ1n) is 5.07. The zero-order chi connectivity index (χ0) is 12.3. The number of hydrogen-bond acceptors (Lipinski definition) is 6. The van der Waals surface area contributed by atoms with Gasteiger partial charge in [-0.15, -0.1) is 10.2 Å². The molecule has 2 aromatic heterocycles. The lowest BCUT2D eigenvalue weighted by Gasteiger charge is -2.10. The van der Waals surface area contributed by atoms with E-state index in [1.807, 2.05) is 19.1 Å². The van der Waals surface area contributed by atoms with Crippen LogP contribution in [0.5, 0.6) is 0 Å². The van der Waals surface area contributed by atoms with Crippen LogP contribution < -0.4 is 11.1 Å². The Morgan fingerprint density at radius 2 is 2.47 bits per heavy atom. The van der Waals surface area contributed by atoms with Crippen molar-refractivity contribution >= 4 is 22.4 Å². The molecule has 2 rings (SSSR count). The van der Waals surface area contributed by atoms with E-state index in [0.717, 1.165) is 17.1 Å².